The van der Waals surface area contributed by atoms with Gasteiger partial charge in [-0.25, -0.2) is 0 Å². The third-order valence-corrected chi connectivity index (χ3v) is 4.00. The Balaban J connectivity index is 1.88. The van der Waals surface area contributed by atoms with Crippen LogP contribution in [0.4, 0.5) is 5.69 Å². The van der Waals surface area contributed by atoms with Crippen LogP contribution in [0.1, 0.15) is 31.4 Å². The molecule has 0 radical (unpaired) electrons. The molecule has 2 aromatic rings. The molecule has 1 amide bonds. The molecule has 0 atom stereocenters. The monoisotopic (exact) mass is 355 g/mol. The Morgan fingerprint density at radius 3 is 2.42 bits per heavy atom. The standard InChI is InChI=1S/C21H25NO4/c1-21(2,15-26-14-17-7-4-3-5-8-17)20(25)22-18-10-6-9-16(13-18)11-12-19(23)24/h3-10,13H,11-12,14-15H2,1-2H3,(H,22,25)(H,23,24). The molecule has 0 aliphatic carbocycles. The van der Waals surface area contributed by atoms with Crippen LogP contribution in [0.3, 0.4) is 0 Å². The number of anilines is 1. The van der Waals surface area contributed by atoms with Crippen LogP contribution in [0.5, 0.6) is 0 Å². The molecule has 26 heavy (non-hydrogen) atoms. The van der Waals surface area contributed by atoms with Crippen molar-refractivity contribution in [2.75, 3.05) is 11.9 Å². The van der Waals surface area contributed by atoms with E-state index in [9.17, 15) is 9.59 Å². The van der Waals surface area contributed by atoms with Crippen LogP contribution < -0.4 is 5.32 Å². The number of carboxylic acid groups (broad SMARTS) is 1. The summed E-state index contributed by atoms with van der Waals surface area (Å²) in [4.78, 5) is 23.3. The minimum atomic E-state index is -0.837. The number of carbonyl (C=O) groups is 2. The molecule has 0 unspecified atom stereocenters. The first kappa shape index (κ1) is 19.7. The second-order valence-corrected chi connectivity index (χ2v) is 6.91. The molecule has 5 heteroatoms. The smallest absolute Gasteiger partial charge is 0.303 e. The first-order valence-electron chi connectivity index (χ1n) is 8.61. The van der Waals surface area contributed by atoms with Gasteiger partial charge in [-0.05, 0) is 43.5 Å². The summed E-state index contributed by atoms with van der Waals surface area (Å²) < 4.78 is 5.71. The summed E-state index contributed by atoms with van der Waals surface area (Å²) in [5.74, 6) is -0.975. The fourth-order valence-corrected chi connectivity index (χ4v) is 2.42. The molecule has 0 fully saturated rings. The Morgan fingerprint density at radius 2 is 1.73 bits per heavy atom. The quantitative estimate of drug-likeness (QED) is 0.716. The molecule has 0 saturated heterocycles. The van der Waals surface area contributed by atoms with Crippen molar-refractivity contribution in [3.05, 3.63) is 65.7 Å². The Hall–Kier alpha value is -2.66. The van der Waals surface area contributed by atoms with E-state index in [4.69, 9.17) is 9.84 Å². The van der Waals surface area contributed by atoms with Gasteiger partial charge >= 0.3 is 5.97 Å². The first-order chi connectivity index (χ1) is 12.4. The average Bonchev–Trinajstić information content (AvgIpc) is 2.61. The van der Waals surface area contributed by atoms with Crippen molar-refractivity contribution in [1.82, 2.24) is 0 Å². The van der Waals surface area contributed by atoms with Crippen LogP contribution in [-0.2, 0) is 27.4 Å². The zero-order chi connectivity index (χ0) is 19.0. The minimum absolute atomic E-state index is 0.0657. The number of nitrogens with one attached hydrogen (secondary N) is 1. The molecule has 0 aliphatic heterocycles. The Labute approximate surface area is 154 Å². The van der Waals surface area contributed by atoms with E-state index in [1.54, 1.807) is 6.07 Å². The summed E-state index contributed by atoms with van der Waals surface area (Å²) in [6.45, 7) is 4.43. The van der Waals surface area contributed by atoms with Gasteiger partial charge < -0.3 is 15.2 Å². The zero-order valence-corrected chi connectivity index (χ0v) is 15.2. The van der Waals surface area contributed by atoms with Crippen molar-refractivity contribution < 1.29 is 19.4 Å². The lowest BCUT2D eigenvalue weighted by molar-refractivity contribution is -0.137. The van der Waals surface area contributed by atoms with Gasteiger partial charge in [0.05, 0.1) is 18.6 Å². The van der Waals surface area contributed by atoms with Crippen LogP contribution in [0.25, 0.3) is 0 Å². The number of carboxylic acids is 1. The van der Waals surface area contributed by atoms with Gasteiger partial charge in [-0.1, -0.05) is 42.5 Å². The molecule has 2 N–H and O–H groups in total. The predicted octanol–water partition coefficient (Wildman–Crippen LogP) is 3.89. The SMILES string of the molecule is CC(C)(COCc1ccccc1)C(=O)Nc1cccc(CCC(=O)O)c1. The minimum Gasteiger partial charge on any atom is -0.481 e. The Morgan fingerprint density at radius 1 is 1.04 bits per heavy atom. The van der Waals surface area contributed by atoms with E-state index in [2.05, 4.69) is 5.32 Å². The number of hydrogen-bond donors (Lipinski definition) is 2. The zero-order valence-electron chi connectivity index (χ0n) is 15.2. The van der Waals surface area contributed by atoms with Gasteiger partial charge in [0, 0.05) is 12.1 Å². The maximum absolute atomic E-state index is 12.6. The fourth-order valence-electron chi connectivity index (χ4n) is 2.42. The molecule has 0 spiro atoms. The van der Waals surface area contributed by atoms with Crippen molar-refractivity contribution in [3.8, 4) is 0 Å². The maximum atomic E-state index is 12.6. The lowest BCUT2D eigenvalue weighted by atomic mass is 9.93. The highest BCUT2D eigenvalue weighted by molar-refractivity contribution is 5.95. The molecule has 2 rings (SSSR count). The number of ether oxygens (including phenoxy) is 1. The van der Waals surface area contributed by atoms with Gasteiger partial charge in [-0.15, -0.1) is 0 Å². The van der Waals surface area contributed by atoms with Crippen LogP contribution in [0, 0.1) is 5.41 Å². The highest BCUT2D eigenvalue weighted by Gasteiger charge is 2.28. The average molecular weight is 355 g/mol. The molecule has 5 nitrogen and oxygen atoms in total. The number of rotatable bonds is 9. The van der Waals surface area contributed by atoms with Gasteiger partial charge in [-0.2, -0.15) is 0 Å². The van der Waals surface area contributed by atoms with Gasteiger partial charge in [0.2, 0.25) is 5.91 Å². The molecular weight excluding hydrogens is 330 g/mol. The maximum Gasteiger partial charge on any atom is 0.303 e. The second kappa shape index (κ2) is 9.15. The van der Waals surface area contributed by atoms with E-state index in [0.717, 1.165) is 11.1 Å². The number of carbonyl (C=O) groups excluding carboxylic acids is 1. The van der Waals surface area contributed by atoms with E-state index in [1.165, 1.54) is 0 Å². The highest BCUT2D eigenvalue weighted by Crippen LogP contribution is 2.21. The molecular formula is C21H25NO4. The number of amides is 1. The lowest BCUT2D eigenvalue weighted by Crippen LogP contribution is -2.35. The largest absolute Gasteiger partial charge is 0.481 e. The van der Waals surface area contributed by atoms with Crippen LogP contribution >= 0.6 is 0 Å². The molecule has 0 aliphatic rings. The molecule has 0 aromatic heterocycles. The third kappa shape index (κ3) is 6.33. The number of benzene rings is 2. The van der Waals surface area contributed by atoms with E-state index < -0.39 is 11.4 Å². The summed E-state index contributed by atoms with van der Waals surface area (Å²) in [6, 6.07) is 17.1. The number of aryl methyl sites for hydroxylation is 1. The van der Waals surface area contributed by atoms with E-state index in [-0.39, 0.29) is 12.3 Å². The summed E-state index contributed by atoms with van der Waals surface area (Å²) >= 11 is 0. The molecule has 0 saturated carbocycles. The number of hydrogen-bond acceptors (Lipinski definition) is 3. The van der Waals surface area contributed by atoms with Crippen molar-refractivity contribution in [2.24, 2.45) is 5.41 Å². The summed E-state index contributed by atoms with van der Waals surface area (Å²) in [5.41, 5.74) is 1.92. The topological polar surface area (TPSA) is 75.6 Å². The van der Waals surface area contributed by atoms with E-state index in [1.807, 2.05) is 62.4 Å². The van der Waals surface area contributed by atoms with Gasteiger partial charge in [-0.3, -0.25) is 9.59 Å². The van der Waals surface area contributed by atoms with Gasteiger partial charge in [0.1, 0.15) is 0 Å². The summed E-state index contributed by atoms with van der Waals surface area (Å²) in [6.07, 6.45) is 0.499. The summed E-state index contributed by atoms with van der Waals surface area (Å²) in [7, 11) is 0. The van der Waals surface area contributed by atoms with Gasteiger partial charge in [0.25, 0.3) is 0 Å². The molecule has 0 bridgehead atoms. The summed E-state index contributed by atoms with van der Waals surface area (Å²) in [5, 5.41) is 11.7. The van der Waals surface area contributed by atoms with Crippen molar-refractivity contribution in [1.29, 1.82) is 0 Å². The number of aliphatic carboxylic acids is 1. The van der Waals surface area contributed by atoms with Crippen LogP contribution in [-0.4, -0.2) is 23.6 Å². The van der Waals surface area contributed by atoms with Crippen LogP contribution in [0.15, 0.2) is 54.6 Å². The highest BCUT2D eigenvalue weighted by atomic mass is 16.5. The predicted molar refractivity (Wildman–Crippen MR) is 101 cm³/mol. The Kier molecular flexibility index (Phi) is 6.92. The lowest BCUT2D eigenvalue weighted by Gasteiger charge is -2.23. The normalized spacial score (nSPS) is 11.2. The van der Waals surface area contributed by atoms with Crippen LogP contribution in [0.2, 0.25) is 0 Å². The van der Waals surface area contributed by atoms with E-state index in [0.29, 0.717) is 25.3 Å². The van der Waals surface area contributed by atoms with Crippen molar-refractivity contribution in [2.45, 2.75) is 33.3 Å². The Bertz CT molecular complexity index is 741. The van der Waals surface area contributed by atoms with Crippen molar-refractivity contribution >= 4 is 17.6 Å². The fraction of sp³-hybridized carbons (Fsp3) is 0.333. The molecule has 2 aromatic carbocycles. The second-order valence-electron chi connectivity index (χ2n) is 6.91. The molecule has 138 valence electrons. The van der Waals surface area contributed by atoms with E-state index >= 15 is 0 Å². The first-order valence-corrected chi connectivity index (χ1v) is 8.61. The van der Waals surface area contributed by atoms with Crippen molar-refractivity contribution in [3.63, 3.8) is 0 Å². The molecule has 0 heterocycles. The third-order valence-electron chi connectivity index (χ3n) is 4.00. The van der Waals surface area contributed by atoms with Gasteiger partial charge in [0.15, 0.2) is 0 Å².